The van der Waals surface area contributed by atoms with Crippen molar-refractivity contribution in [3.05, 3.63) is 47.7 Å². The molecular weight excluding hydrogens is 349 g/mol. The third-order valence-electron chi connectivity index (χ3n) is 4.43. The number of carbonyl (C=O) groups excluding carboxylic acids is 1. The molecule has 1 aliphatic rings. The number of hydrogen-bond donors (Lipinski definition) is 2. The van der Waals surface area contributed by atoms with E-state index in [1.54, 1.807) is 11.9 Å². The SMILES string of the molecule is CNc1cc(CN(C)C(=O)COc2ccc(F)cc2)nc(C2CCCN2)n1. The van der Waals surface area contributed by atoms with E-state index in [0.29, 0.717) is 12.3 Å². The number of amides is 1. The van der Waals surface area contributed by atoms with Crippen LogP contribution in [0.1, 0.15) is 30.4 Å². The first-order valence-electron chi connectivity index (χ1n) is 8.96. The zero-order valence-corrected chi connectivity index (χ0v) is 15.5. The number of carbonyl (C=O) groups is 1. The standard InChI is InChI=1S/C19H24FN5O2/c1-21-17-10-14(23-19(24-17)16-4-3-9-22-16)11-25(2)18(26)12-27-15-7-5-13(20)6-8-15/h5-8,10,16,22H,3-4,9,11-12H2,1-2H3,(H,21,23,24). The fourth-order valence-electron chi connectivity index (χ4n) is 2.91. The summed E-state index contributed by atoms with van der Waals surface area (Å²) in [7, 11) is 3.51. The molecule has 1 fully saturated rings. The molecule has 0 spiro atoms. The van der Waals surface area contributed by atoms with Crippen LogP contribution in [0.2, 0.25) is 0 Å². The molecule has 1 aromatic carbocycles. The van der Waals surface area contributed by atoms with Crippen LogP contribution in [-0.4, -0.2) is 48.0 Å². The van der Waals surface area contributed by atoms with Gasteiger partial charge in [0.05, 0.1) is 18.3 Å². The van der Waals surface area contributed by atoms with Gasteiger partial charge in [0.1, 0.15) is 23.2 Å². The summed E-state index contributed by atoms with van der Waals surface area (Å²) >= 11 is 0. The van der Waals surface area contributed by atoms with Crippen molar-refractivity contribution in [2.75, 3.05) is 32.6 Å². The van der Waals surface area contributed by atoms with Crippen molar-refractivity contribution in [1.82, 2.24) is 20.2 Å². The molecule has 0 radical (unpaired) electrons. The summed E-state index contributed by atoms with van der Waals surface area (Å²) in [4.78, 5) is 23.0. The minimum absolute atomic E-state index is 0.122. The van der Waals surface area contributed by atoms with E-state index >= 15 is 0 Å². The van der Waals surface area contributed by atoms with Gasteiger partial charge in [-0.15, -0.1) is 0 Å². The topological polar surface area (TPSA) is 79.4 Å². The minimum atomic E-state index is -0.345. The van der Waals surface area contributed by atoms with Crippen molar-refractivity contribution in [3.63, 3.8) is 0 Å². The Kier molecular flexibility index (Phi) is 6.18. The molecule has 144 valence electrons. The Morgan fingerprint density at radius 3 is 2.81 bits per heavy atom. The molecule has 0 bridgehead atoms. The first kappa shape index (κ1) is 19.0. The van der Waals surface area contributed by atoms with Gasteiger partial charge in [0, 0.05) is 20.2 Å². The predicted octanol–water partition coefficient (Wildman–Crippen LogP) is 2.12. The Bertz CT molecular complexity index is 778. The average molecular weight is 373 g/mol. The Balaban J connectivity index is 1.61. The maximum atomic E-state index is 12.9. The van der Waals surface area contributed by atoms with Gasteiger partial charge in [-0.1, -0.05) is 0 Å². The van der Waals surface area contributed by atoms with Crippen LogP contribution < -0.4 is 15.4 Å². The van der Waals surface area contributed by atoms with Gasteiger partial charge in [-0.05, 0) is 43.7 Å². The van der Waals surface area contributed by atoms with Gasteiger partial charge < -0.3 is 20.3 Å². The maximum absolute atomic E-state index is 12.9. The number of likely N-dealkylation sites (N-methyl/N-ethyl adjacent to an activating group) is 1. The smallest absolute Gasteiger partial charge is 0.260 e. The van der Waals surface area contributed by atoms with Gasteiger partial charge >= 0.3 is 0 Å². The molecule has 1 aromatic heterocycles. The zero-order chi connectivity index (χ0) is 19.2. The van der Waals surface area contributed by atoms with E-state index in [9.17, 15) is 9.18 Å². The van der Waals surface area contributed by atoms with Crippen molar-refractivity contribution in [3.8, 4) is 5.75 Å². The Morgan fingerprint density at radius 1 is 1.37 bits per heavy atom. The van der Waals surface area contributed by atoms with Crippen LogP contribution in [0.3, 0.4) is 0 Å². The van der Waals surface area contributed by atoms with Crippen LogP contribution in [0.25, 0.3) is 0 Å². The quantitative estimate of drug-likeness (QED) is 0.774. The summed E-state index contributed by atoms with van der Waals surface area (Å²) < 4.78 is 18.3. The molecule has 2 N–H and O–H groups in total. The van der Waals surface area contributed by atoms with Crippen LogP contribution in [0.15, 0.2) is 30.3 Å². The third kappa shape index (κ3) is 5.13. The molecule has 0 aliphatic carbocycles. The first-order chi connectivity index (χ1) is 13.0. The average Bonchev–Trinajstić information content (AvgIpc) is 3.22. The number of anilines is 1. The lowest BCUT2D eigenvalue weighted by atomic mass is 10.2. The second-order valence-corrected chi connectivity index (χ2v) is 6.49. The van der Waals surface area contributed by atoms with Crippen molar-refractivity contribution >= 4 is 11.7 Å². The largest absolute Gasteiger partial charge is 0.484 e. The predicted molar refractivity (Wildman–Crippen MR) is 99.9 cm³/mol. The normalized spacial score (nSPS) is 16.2. The van der Waals surface area contributed by atoms with E-state index in [0.717, 1.165) is 36.7 Å². The molecule has 2 aromatic rings. The third-order valence-corrected chi connectivity index (χ3v) is 4.43. The number of aromatic nitrogens is 2. The number of nitrogens with one attached hydrogen (secondary N) is 2. The van der Waals surface area contributed by atoms with Gasteiger partial charge in [-0.2, -0.15) is 0 Å². The van der Waals surface area contributed by atoms with Crippen LogP contribution >= 0.6 is 0 Å². The summed E-state index contributed by atoms with van der Waals surface area (Å²) in [5, 5.41) is 6.44. The Labute approximate surface area is 158 Å². The first-order valence-corrected chi connectivity index (χ1v) is 8.96. The highest BCUT2D eigenvalue weighted by molar-refractivity contribution is 5.77. The molecular formula is C19H24FN5O2. The fraction of sp³-hybridized carbons (Fsp3) is 0.421. The summed E-state index contributed by atoms with van der Waals surface area (Å²) in [6.45, 7) is 1.19. The highest BCUT2D eigenvalue weighted by atomic mass is 19.1. The van der Waals surface area contributed by atoms with Gasteiger partial charge in [-0.25, -0.2) is 14.4 Å². The Hall–Kier alpha value is -2.74. The number of benzene rings is 1. The summed E-state index contributed by atoms with van der Waals surface area (Å²) in [5.74, 6) is 1.39. The van der Waals surface area contributed by atoms with Crippen LogP contribution in [0, 0.1) is 5.82 Å². The molecule has 27 heavy (non-hydrogen) atoms. The number of halogens is 1. The molecule has 1 atom stereocenters. The molecule has 1 aliphatic heterocycles. The highest BCUT2D eigenvalue weighted by Gasteiger charge is 2.21. The highest BCUT2D eigenvalue weighted by Crippen LogP contribution is 2.22. The summed E-state index contributed by atoms with van der Waals surface area (Å²) in [6.07, 6.45) is 2.11. The lowest BCUT2D eigenvalue weighted by molar-refractivity contribution is -0.132. The molecule has 0 saturated carbocycles. The molecule has 2 heterocycles. The second kappa shape index (κ2) is 8.77. The van der Waals surface area contributed by atoms with Gasteiger partial charge in [-0.3, -0.25) is 4.79 Å². The van der Waals surface area contributed by atoms with E-state index in [1.807, 2.05) is 13.1 Å². The Morgan fingerprint density at radius 2 is 2.15 bits per heavy atom. The van der Waals surface area contributed by atoms with Crippen LogP contribution in [0.4, 0.5) is 10.2 Å². The van der Waals surface area contributed by atoms with E-state index < -0.39 is 0 Å². The van der Waals surface area contributed by atoms with Crippen molar-refractivity contribution in [2.45, 2.75) is 25.4 Å². The maximum Gasteiger partial charge on any atom is 0.260 e. The van der Waals surface area contributed by atoms with Gasteiger partial charge in [0.2, 0.25) is 0 Å². The fourth-order valence-corrected chi connectivity index (χ4v) is 2.91. The molecule has 7 nitrogen and oxygen atoms in total. The van der Waals surface area contributed by atoms with Crippen molar-refractivity contribution in [2.24, 2.45) is 0 Å². The minimum Gasteiger partial charge on any atom is -0.484 e. The number of hydrogen-bond acceptors (Lipinski definition) is 6. The van der Waals surface area contributed by atoms with Gasteiger partial charge in [0.25, 0.3) is 5.91 Å². The number of nitrogens with zero attached hydrogens (tertiary/aromatic N) is 3. The van der Waals surface area contributed by atoms with E-state index in [-0.39, 0.29) is 24.4 Å². The molecule has 1 unspecified atom stereocenters. The number of rotatable bonds is 7. The van der Waals surface area contributed by atoms with Gasteiger partial charge in [0.15, 0.2) is 6.61 Å². The van der Waals surface area contributed by atoms with Crippen LogP contribution in [0.5, 0.6) is 5.75 Å². The van der Waals surface area contributed by atoms with E-state index in [4.69, 9.17) is 4.74 Å². The monoisotopic (exact) mass is 373 g/mol. The lowest BCUT2D eigenvalue weighted by Crippen LogP contribution is -2.31. The lowest BCUT2D eigenvalue weighted by Gasteiger charge is -2.19. The molecule has 1 amide bonds. The zero-order valence-electron chi connectivity index (χ0n) is 15.5. The van der Waals surface area contributed by atoms with Crippen LogP contribution in [-0.2, 0) is 11.3 Å². The summed E-state index contributed by atoms with van der Waals surface area (Å²) in [6, 6.07) is 7.56. The van der Waals surface area contributed by atoms with E-state index in [2.05, 4.69) is 20.6 Å². The molecule has 1 saturated heterocycles. The number of ether oxygens (including phenoxy) is 1. The summed E-state index contributed by atoms with van der Waals surface area (Å²) in [5.41, 5.74) is 0.760. The molecule has 8 heteroatoms. The molecule has 3 rings (SSSR count). The van der Waals surface area contributed by atoms with E-state index in [1.165, 1.54) is 24.3 Å². The van der Waals surface area contributed by atoms with Crippen molar-refractivity contribution in [1.29, 1.82) is 0 Å². The second-order valence-electron chi connectivity index (χ2n) is 6.49. The van der Waals surface area contributed by atoms with Crippen molar-refractivity contribution < 1.29 is 13.9 Å².